The lowest BCUT2D eigenvalue weighted by Gasteiger charge is -2.15. The second-order valence-corrected chi connectivity index (χ2v) is 8.04. The van der Waals surface area contributed by atoms with Crippen LogP contribution < -0.4 is 15.5 Å². The Kier molecular flexibility index (Phi) is 6.29. The monoisotopic (exact) mass is 460 g/mol. The highest BCUT2D eigenvalue weighted by molar-refractivity contribution is 6.31. The van der Waals surface area contributed by atoms with Crippen molar-refractivity contribution in [2.24, 2.45) is 0 Å². The van der Waals surface area contributed by atoms with Gasteiger partial charge in [0.15, 0.2) is 5.78 Å². The molecular weight excluding hydrogens is 440 g/mol. The van der Waals surface area contributed by atoms with Crippen LogP contribution >= 0.6 is 11.6 Å². The van der Waals surface area contributed by atoms with Gasteiger partial charge in [0.1, 0.15) is 12.3 Å². The van der Waals surface area contributed by atoms with Gasteiger partial charge in [-0.05, 0) is 37.3 Å². The summed E-state index contributed by atoms with van der Waals surface area (Å²) >= 11 is 6.13. The number of carbonyl (C=O) groups is 2. The molecule has 6 nitrogen and oxygen atoms in total. The van der Waals surface area contributed by atoms with Crippen LogP contribution in [0.25, 0.3) is 10.9 Å². The highest BCUT2D eigenvalue weighted by Crippen LogP contribution is 2.24. The smallest absolute Gasteiger partial charge is 0.244 e. The van der Waals surface area contributed by atoms with E-state index in [2.05, 4.69) is 5.32 Å². The quantitative estimate of drug-likeness (QED) is 0.417. The molecule has 0 aliphatic rings. The maximum absolute atomic E-state index is 13.2. The van der Waals surface area contributed by atoms with Crippen molar-refractivity contribution >= 4 is 39.9 Å². The fraction of sp³-hybridized carbons (Fsp3) is 0.115. The Morgan fingerprint density at radius 1 is 1.03 bits per heavy atom. The molecule has 3 aromatic carbocycles. The standard InChI is InChI=1S/C26H21ClN2O4/c1-16-7-9-17(10-8-16)25(31)20-14-29(22-12-11-18(27)13-19(22)26(20)32)15-24(30)28-21-5-3-4-6-23(21)33-2/h3-14H,15H2,1-2H3,(H,28,30). The van der Waals surface area contributed by atoms with Gasteiger partial charge in [-0.1, -0.05) is 53.6 Å². The topological polar surface area (TPSA) is 77.4 Å². The number of aryl methyl sites for hydroxylation is 1. The average molecular weight is 461 g/mol. The van der Waals surface area contributed by atoms with Gasteiger partial charge < -0.3 is 14.6 Å². The van der Waals surface area contributed by atoms with Crippen LogP contribution in [0.5, 0.6) is 5.75 Å². The van der Waals surface area contributed by atoms with Crippen LogP contribution in [-0.4, -0.2) is 23.4 Å². The zero-order chi connectivity index (χ0) is 23.5. The van der Waals surface area contributed by atoms with Crippen LogP contribution in [0.1, 0.15) is 21.5 Å². The Labute approximate surface area is 195 Å². The first-order valence-electron chi connectivity index (χ1n) is 10.2. The summed E-state index contributed by atoms with van der Waals surface area (Å²) in [6, 6.07) is 18.8. The molecule has 0 spiro atoms. The number of hydrogen-bond acceptors (Lipinski definition) is 4. The molecular formula is C26H21ClN2O4. The number of nitrogens with one attached hydrogen (secondary N) is 1. The van der Waals surface area contributed by atoms with Gasteiger partial charge >= 0.3 is 0 Å². The van der Waals surface area contributed by atoms with Crippen molar-refractivity contribution in [3.8, 4) is 5.75 Å². The van der Waals surface area contributed by atoms with Crippen LogP contribution in [0.15, 0.2) is 77.7 Å². The molecule has 0 bridgehead atoms. The predicted octanol–water partition coefficient (Wildman–Crippen LogP) is 4.84. The maximum Gasteiger partial charge on any atom is 0.244 e. The first kappa shape index (κ1) is 22.3. The number of halogens is 1. The number of methoxy groups -OCH3 is 1. The zero-order valence-corrected chi connectivity index (χ0v) is 18.8. The second kappa shape index (κ2) is 9.30. The number of ether oxygens (including phenoxy) is 1. The summed E-state index contributed by atoms with van der Waals surface area (Å²) in [7, 11) is 1.52. The lowest BCUT2D eigenvalue weighted by Crippen LogP contribution is -2.24. The molecule has 1 heterocycles. The van der Waals surface area contributed by atoms with Crippen LogP contribution in [0.3, 0.4) is 0 Å². The number of para-hydroxylation sites is 2. The van der Waals surface area contributed by atoms with Crippen molar-refractivity contribution in [3.05, 3.63) is 105 Å². The van der Waals surface area contributed by atoms with Gasteiger partial charge in [0.2, 0.25) is 11.3 Å². The number of hydrogen-bond donors (Lipinski definition) is 1. The first-order valence-corrected chi connectivity index (χ1v) is 10.6. The third-order valence-corrected chi connectivity index (χ3v) is 5.53. The summed E-state index contributed by atoms with van der Waals surface area (Å²) in [5.41, 5.74) is 1.96. The predicted molar refractivity (Wildman–Crippen MR) is 129 cm³/mol. The van der Waals surface area contributed by atoms with E-state index in [9.17, 15) is 14.4 Å². The van der Waals surface area contributed by atoms with E-state index in [0.717, 1.165) is 5.56 Å². The minimum atomic E-state index is -0.431. The first-order chi connectivity index (χ1) is 15.9. The molecule has 4 rings (SSSR count). The largest absolute Gasteiger partial charge is 0.495 e. The Bertz CT molecular complexity index is 1420. The number of anilines is 1. The minimum Gasteiger partial charge on any atom is -0.495 e. The van der Waals surface area contributed by atoms with Crippen LogP contribution in [-0.2, 0) is 11.3 Å². The number of nitrogens with zero attached hydrogens (tertiary/aromatic N) is 1. The summed E-state index contributed by atoms with van der Waals surface area (Å²) < 4.78 is 6.86. The molecule has 0 unspecified atom stereocenters. The van der Waals surface area contributed by atoms with E-state index in [1.807, 2.05) is 19.1 Å². The third kappa shape index (κ3) is 4.66. The fourth-order valence-electron chi connectivity index (χ4n) is 3.62. The molecule has 0 aliphatic carbocycles. The summed E-state index contributed by atoms with van der Waals surface area (Å²) in [5.74, 6) is -0.230. The molecule has 0 saturated carbocycles. The van der Waals surface area contributed by atoms with E-state index >= 15 is 0 Å². The van der Waals surface area contributed by atoms with Gasteiger partial charge in [-0.2, -0.15) is 0 Å². The van der Waals surface area contributed by atoms with E-state index in [1.165, 1.54) is 19.4 Å². The molecule has 33 heavy (non-hydrogen) atoms. The molecule has 0 saturated heterocycles. The maximum atomic E-state index is 13.2. The van der Waals surface area contributed by atoms with E-state index in [-0.39, 0.29) is 23.4 Å². The second-order valence-electron chi connectivity index (χ2n) is 7.60. The SMILES string of the molecule is COc1ccccc1NC(=O)Cn1cc(C(=O)c2ccc(C)cc2)c(=O)c2cc(Cl)ccc21. The van der Waals surface area contributed by atoms with Crippen LogP contribution in [0.4, 0.5) is 5.69 Å². The van der Waals surface area contributed by atoms with Gasteiger partial charge in [-0.3, -0.25) is 14.4 Å². The molecule has 0 radical (unpaired) electrons. The highest BCUT2D eigenvalue weighted by atomic mass is 35.5. The lowest BCUT2D eigenvalue weighted by molar-refractivity contribution is -0.116. The normalized spacial score (nSPS) is 10.8. The lowest BCUT2D eigenvalue weighted by atomic mass is 10.0. The van der Waals surface area contributed by atoms with Crippen molar-refractivity contribution < 1.29 is 14.3 Å². The summed E-state index contributed by atoms with van der Waals surface area (Å²) in [6.07, 6.45) is 1.43. The van der Waals surface area contributed by atoms with Crippen LogP contribution in [0, 0.1) is 6.92 Å². The number of benzene rings is 3. The summed E-state index contributed by atoms with van der Waals surface area (Å²) in [4.78, 5) is 39.2. The van der Waals surface area contributed by atoms with E-state index in [0.29, 0.717) is 27.5 Å². The Hall–Kier alpha value is -3.90. The number of rotatable bonds is 6. The van der Waals surface area contributed by atoms with Gasteiger partial charge in [0.05, 0.1) is 23.9 Å². The molecule has 7 heteroatoms. The van der Waals surface area contributed by atoms with Gasteiger partial charge in [0.25, 0.3) is 0 Å². The van der Waals surface area contributed by atoms with Crippen molar-refractivity contribution in [1.82, 2.24) is 4.57 Å². The number of fused-ring (bicyclic) bond motifs is 1. The number of ketones is 1. The number of aromatic nitrogens is 1. The van der Waals surface area contributed by atoms with E-state index in [1.54, 1.807) is 53.1 Å². The fourth-order valence-corrected chi connectivity index (χ4v) is 3.79. The number of pyridine rings is 1. The summed E-state index contributed by atoms with van der Waals surface area (Å²) in [5, 5.41) is 3.45. The molecule has 0 atom stereocenters. The Morgan fingerprint density at radius 2 is 1.76 bits per heavy atom. The van der Waals surface area contributed by atoms with Crippen LogP contribution in [0.2, 0.25) is 5.02 Å². The summed E-state index contributed by atoms with van der Waals surface area (Å²) in [6.45, 7) is 1.80. The average Bonchev–Trinajstić information content (AvgIpc) is 2.81. The molecule has 4 aromatic rings. The molecule has 1 N–H and O–H groups in total. The van der Waals surface area contributed by atoms with Crippen molar-refractivity contribution in [2.75, 3.05) is 12.4 Å². The minimum absolute atomic E-state index is 0.0290. The van der Waals surface area contributed by atoms with Gasteiger partial charge in [0, 0.05) is 22.2 Å². The Balaban J connectivity index is 1.76. The van der Waals surface area contributed by atoms with Crippen molar-refractivity contribution in [2.45, 2.75) is 13.5 Å². The third-order valence-electron chi connectivity index (χ3n) is 5.30. The van der Waals surface area contributed by atoms with Gasteiger partial charge in [-0.15, -0.1) is 0 Å². The van der Waals surface area contributed by atoms with Crippen molar-refractivity contribution in [1.29, 1.82) is 0 Å². The highest BCUT2D eigenvalue weighted by Gasteiger charge is 2.19. The molecule has 1 aromatic heterocycles. The molecule has 0 fully saturated rings. The van der Waals surface area contributed by atoms with E-state index in [4.69, 9.17) is 16.3 Å². The molecule has 0 aliphatic heterocycles. The molecule has 1 amide bonds. The number of carbonyl (C=O) groups excluding carboxylic acids is 2. The molecule has 166 valence electrons. The number of amides is 1. The van der Waals surface area contributed by atoms with Crippen molar-refractivity contribution in [3.63, 3.8) is 0 Å². The zero-order valence-electron chi connectivity index (χ0n) is 18.1. The Morgan fingerprint density at radius 3 is 2.48 bits per heavy atom. The van der Waals surface area contributed by atoms with E-state index < -0.39 is 11.2 Å². The van der Waals surface area contributed by atoms with Gasteiger partial charge in [-0.25, -0.2) is 0 Å².